The fourth-order valence-corrected chi connectivity index (χ4v) is 4.03. The van der Waals surface area contributed by atoms with Gasteiger partial charge in [-0.15, -0.1) is 0 Å². The van der Waals surface area contributed by atoms with E-state index in [0.717, 1.165) is 45.4 Å². The Bertz CT molecular complexity index is 317. The smallest absolute Gasteiger partial charge is 0.226 e. The van der Waals surface area contributed by atoms with Crippen LogP contribution in [0.25, 0.3) is 0 Å². The number of likely N-dealkylation sites (N-methyl/N-ethyl adjacent to an activating group) is 1. The second-order valence-electron chi connectivity index (χ2n) is 6.33. The predicted octanol–water partition coefficient (Wildman–Crippen LogP) is 1.69. The monoisotopic (exact) mass is 281 g/mol. The van der Waals surface area contributed by atoms with E-state index < -0.39 is 0 Å². The number of likely N-dealkylation sites (tertiary alicyclic amines) is 1. The van der Waals surface area contributed by atoms with Gasteiger partial charge < -0.3 is 10.6 Å². The van der Waals surface area contributed by atoms with Gasteiger partial charge >= 0.3 is 0 Å². The summed E-state index contributed by atoms with van der Waals surface area (Å²) in [5.74, 6) is 1.00. The molecule has 2 fully saturated rings. The first kappa shape index (κ1) is 15.8. The number of amides is 1. The summed E-state index contributed by atoms with van der Waals surface area (Å²) in [5.41, 5.74) is 5.87. The molecular weight excluding hydrogens is 250 g/mol. The highest BCUT2D eigenvalue weighted by Crippen LogP contribution is 2.32. The molecule has 1 aliphatic heterocycles. The maximum absolute atomic E-state index is 12.8. The van der Waals surface area contributed by atoms with Gasteiger partial charge in [-0.25, -0.2) is 0 Å². The SMILES string of the molecule is CCN(CC)C1CCN(C(=O)C2CCCCC2CN)C1. The van der Waals surface area contributed by atoms with Crippen LogP contribution in [-0.2, 0) is 4.79 Å². The third-order valence-electron chi connectivity index (χ3n) is 5.33. The van der Waals surface area contributed by atoms with Crippen LogP contribution in [0.1, 0.15) is 46.0 Å². The highest BCUT2D eigenvalue weighted by molar-refractivity contribution is 5.79. The van der Waals surface area contributed by atoms with E-state index in [1.54, 1.807) is 0 Å². The zero-order chi connectivity index (χ0) is 14.5. The van der Waals surface area contributed by atoms with E-state index >= 15 is 0 Å². The lowest BCUT2D eigenvalue weighted by atomic mass is 9.78. The van der Waals surface area contributed by atoms with Crippen LogP contribution in [0.5, 0.6) is 0 Å². The van der Waals surface area contributed by atoms with Crippen LogP contribution in [0.2, 0.25) is 0 Å². The molecule has 1 amide bonds. The summed E-state index contributed by atoms with van der Waals surface area (Å²) in [6.07, 6.45) is 5.76. The zero-order valence-electron chi connectivity index (χ0n) is 13.2. The summed E-state index contributed by atoms with van der Waals surface area (Å²) in [7, 11) is 0. The quantitative estimate of drug-likeness (QED) is 0.834. The molecule has 1 saturated heterocycles. The lowest BCUT2D eigenvalue weighted by Crippen LogP contribution is -2.43. The Morgan fingerprint density at radius 2 is 1.90 bits per heavy atom. The molecule has 0 aromatic carbocycles. The van der Waals surface area contributed by atoms with Crippen LogP contribution >= 0.6 is 0 Å². The van der Waals surface area contributed by atoms with Crippen molar-refractivity contribution in [2.45, 2.75) is 52.0 Å². The maximum Gasteiger partial charge on any atom is 0.226 e. The highest BCUT2D eigenvalue weighted by atomic mass is 16.2. The number of carbonyl (C=O) groups is 1. The van der Waals surface area contributed by atoms with E-state index in [4.69, 9.17) is 5.73 Å². The molecule has 1 heterocycles. The summed E-state index contributed by atoms with van der Waals surface area (Å²) in [6.45, 7) is 9.11. The normalized spacial score (nSPS) is 31.0. The summed E-state index contributed by atoms with van der Waals surface area (Å²) in [5, 5.41) is 0. The van der Waals surface area contributed by atoms with E-state index in [0.29, 0.717) is 24.4 Å². The van der Waals surface area contributed by atoms with Crippen LogP contribution in [-0.4, -0.2) is 54.5 Å². The molecular formula is C16H31N3O. The largest absolute Gasteiger partial charge is 0.341 e. The first-order valence-corrected chi connectivity index (χ1v) is 8.44. The molecule has 20 heavy (non-hydrogen) atoms. The highest BCUT2D eigenvalue weighted by Gasteiger charge is 2.36. The lowest BCUT2D eigenvalue weighted by molar-refractivity contribution is -0.137. The predicted molar refractivity (Wildman–Crippen MR) is 82.4 cm³/mol. The van der Waals surface area contributed by atoms with Gasteiger partial charge in [0, 0.05) is 25.0 Å². The first-order valence-electron chi connectivity index (χ1n) is 8.44. The Hall–Kier alpha value is -0.610. The topological polar surface area (TPSA) is 49.6 Å². The molecule has 0 spiro atoms. The molecule has 1 saturated carbocycles. The standard InChI is InChI=1S/C16H31N3O/c1-3-18(4-2)14-9-10-19(12-14)16(20)15-8-6-5-7-13(15)11-17/h13-15H,3-12,17H2,1-2H3. The summed E-state index contributed by atoms with van der Waals surface area (Å²) < 4.78 is 0. The first-order chi connectivity index (χ1) is 9.71. The molecule has 3 atom stereocenters. The second kappa shape index (κ2) is 7.41. The Morgan fingerprint density at radius 1 is 1.20 bits per heavy atom. The van der Waals surface area contributed by atoms with Crippen LogP contribution in [0.3, 0.4) is 0 Å². The number of carbonyl (C=O) groups excluding carboxylic acids is 1. The van der Waals surface area contributed by atoms with Crippen LogP contribution in [0, 0.1) is 11.8 Å². The zero-order valence-corrected chi connectivity index (χ0v) is 13.2. The van der Waals surface area contributed by atoms with Gasteiger partial charge in [0.05, 0.1) is 0 Å². The van der Waals surface area contributed by atoms with Crippen molar-refractivity contribution in [3.8, 4) is 0 Å². The average molecular weight is 281 g/mol. The maximum atomic E-state index is 12.8. The molecule has 2 aliphatic rings. The molecule has 2 rings (SSSR count). The lowest BCUT2D eigenvalue weighted by Gasteiger charge is -2.33. The number of rotatable bonds is 5. The van der Waals surface area contributed by atoms with Crippen molar-refractivity contribution in [1.29, 1.82) is 0 Å². The fraction of sp³-hybridized carbons (Fsp3) is 0.938. The van der Waals surface area contributed by atoms with E-state index in [2.05, 4.69) is 23.6 Å². The van der Waals surface area contributed by atoms with E-state index in [1.165, 1.54) is 12.8 Å². The van der Waals surface area contributed by atoms with Crippen LogP contribution in [0.15, 0.2) is 0 Å². The van der Waals surface area contributed by atoms with Crippen LogP contribution in [0.4, 0.5) is 0 Å². The number of hydrogen-bond donors (Lipinski definition) is 1. The van der Waals surface area contributed by atoms with Crippen molar-refractivity contribution < 1.29 is 4.79 Å². The second-order valence-corrected chi connectivity index (χ2v) is 6.33. The Labute approximate surface area is 123 Å². The summed E-state index contributed by atoms with van der Waals surface area (Å²) >= 11 is 0. The molecule has 3 unspecified atom stereocenters. The van der Waals surface area contributed by atoms with E-state index in [-0.39, 0.29) is 5.92 Å². The third-order valence-corrected chi connectivity index (χ3v) is 5.33. The Morgan fingerprint density at radius 3 is 2.55 bits per heavy atom. The van der Waals surface area contributed by atoms with Gasteiger partial charge in [-0.2, -0.15) is 0 Å². The molecule has 0 bridgehead atoms. The molecule has 0 radical (unpaired) electrons. The molecule has 1 aliphatic carbocycles. The minimum atomic E-state index is 0.198. The van der Waals surface area contributed by atoms with Crippen molar-refractivity contribution in [2.24, 2.45) is 17.6 Å². The fourth-order valence-electron chi connectivity index (χ4n) is 4.03. The van der Waals surface area contributed by atoms with Gasteiger partial charge in [-0.05, 0) is 44.8 Å². The molecule has 4 heteroatoms. The van der Waals surface area contributed by atoms with Gasteiger partial charge in [0.25, 0.3) is 0 Å². The molecule has 2 N–H and O–H groups in total. The van der Waals surface area contributed by atoms with Crippen molar-refractivity contribution in [3.63, 3.8) is 0 Å². The van der Waals surface area contributed by atoms with Gasteiger partial charge in [-0.3, -0.25) is 9.69 Å². The molecule has 0 aromatic rings. The van der Waals surface area contributed by atoms with Gasteiger partial charge in [0.15, 0.2) is 0 Å². The van der Waals surface area contributed by atoms with Crippen molar-refractivity contribution in [2.75, 3.05) is 32.7 Å². The summed E-state index contributed by atoms with van der Waals surface area (Å²) in [4.78, 5) is 17.4. The number of nitrogens with zero attached hydrogens (tertiary/aromatic N) is 2. The Kier molecular flexibility index (Phi) is 5.85. The van der Waals surface area contributed by atoms with Crippen molar-refractivity contribution in [1.82, 2.24) is 9.80 Å². The van der Waals surface area contributed by atoms with E-state index in [1.807, 2.05) is 0 Å². The number of nitrogens with two attached hydrogens (primary N) is 1. The molecule has 4 nitrogen and oxygen atoms in total. The average Bonchev–Trinajstić information content (AvgIpc) is 2.97. The van der Waals surface area contributed by atoms with Crippen LogP contribution < -0.4 is 5.73 Å². The van der Waals surface area contributed by atoms with Gasteiger partial charge in [0.1, 0.15) is 0 Å². The Balaban J connectivity index is 1.93. The molecule has 116 valence electrons. The number of hydrogen-bond acceptors (Lipinski definition) is 3. The van der Waals surface area contributed by atoms with E-state index in [9.17, 15) is 4.79 Å². The van der Waals surface area contributed by atoms with Gasteiger partial charge in [0.2, 0.25) is 5.91 Å². The third kappa shape index (κ3) is 3.34. The van der Waals surface area contributed by atoms with Crippen molar-refractivity contribution >= 4 is 5.91 Å². The minimum Gasteiger partial charge on any atom is -0.341 e. The van der Waals surface area contributed by atoms with Gasteiger partial charge in [-0.1, -0.05) is 26.7 Å². The molecule has 0 aromatic heterocycles. The minimum absolute atomic E-state index is 0.198. The summed E-state index contributed by atoms with van der Waals surface area (Å²) in [6, 6.07) is 0.564. The van der Waals surface area contributed by atoms with Crippen molar-refractivity contribution in [3.05, 3.63) is 0 Å².